The molecule has 0 radical (unpaired) electrons. The summed E-state index contributed by atoms with van der Waals surface area (Å²) in [7, 11) is 0. The van der Waals surface area contributed by atoms with E-state index in [2.05, 4.69) is 20.4 Å². The second-order valence-electron chi connectivity index (χ2n) is 4.37. The maximum atomic E-state index is 12.1. The monoisotopic (exact) mass is 270 g/mol. The molecule has 0 aromatic carbocycles. The van der Waals surface area contributed by atoms with Crippen LogP contribution < -0.4 is 5.32 Å². The molecule has 1 N–H and O–H groups in total. The molecular formula is C13H14N6O. The number of imidazole rings is 1. The van der Waals surface area contributed by atoms with Gasteiger partial charge in [0.25, 0.3) is 5.91 Å². The van der Waals surface area contributed by atoms with Crippen LogP contribution in [0.4, 0.5) is 0 Å². The lowest BCUT2D eigenvalue weighted by atomic mass is 10.3. The van der Waals surface area contributed by atoms with E-state index in [1.807, 2.05) is 17.7 Å². The summed E-state index contributed by atoms with van der Waals surface area (Å²) in [4.78, 5) is 20.4. The molecule has 102 valence electrons. The summed E-state index contributed by atoms with van der Waals surface area (Å²) >= 11 is 0. The van der Waals surface area contributed by atoms with Crippen molar-refractivity contribution in [3.63, 3.8) is 0 Å². The maximum absolute atomic E-state index is 12.1. The zero-order valence-electron chi connectivity index (χ0n) is 11.0. The van der Waals surface area contributed by atoms with Gasteiger partial charge < -0.3 is 9.88 Å². The Labute approximate surface area is 115 Å². The normalized spacial score (nSPS) is 10.8. The molecule has 0 aliphatic rings. The van der Waals surface area contributed by atoms with Crippen molar-refractivity contribution in [1.29, 1.82) is 0 Å². The van der Waals surface area contributed by atoms with Crippen molar-refractivity contribution in [3.8, 4) is 0 Å². The van der Waals surface area contributed by atoms with Crippen molar-refractivity contribution in [2.24, 2.45) is 0 Å². The molecule has 7 heteroatoms. The molecule has 0 aliphatic carbocycles. The predicted octanol–water partition coefficient (Wildman–Crippen LogP) is 0.664. The molecule has 20 heavy (non-hydrogen) atoms. The van der Waals surface area contributed by atoms with Crippen LogP contribution in [0.2, 0.25) is 0 Å². The SMILES string of the molecule is Cc1nccn1CCNC(=O)c1cnn2cccnc12. The first-order valence-corrected chi connectivity index (χ1v) is 6.30. The van der Waals surface area contributed by atoms with E-state index in [1.165, 1.54) is 6.20 Å². The van der Waals surface area contributed by atoms with Crippen molar-refractivity contribution in [2.45, 2.75) is 13.5 Å². The molecule has 3 rings (SSSR count). The van der Waals surface area contributed by atoms with Crippen LogP contribution in [0.15, 0.2) is 37.1 Å². The van der Waals surface area contributed by atoms with E-state index in [0.29, 0.717) is 24.3 Å². The molecule has 0 saturated heterocycles. The van der Waals surface area contributed by atoms with Crippen LogP contribution >= 0.6 is 0 Å². The first kappa shape index (κ1) is 12.3. The summed E-state index contributed by atoms with van der Waals surface area (Å²) in [5.41, 5.74) is 1.04. The Morgan fingerprint density at radius 2 is 2.20 bits per heavy atom. The highest BCUT2D eigenvalue weighted by molar-refractivity contribution is 5.99. The number of nitrogens with zero attached hydrogens (tertiary/aromatic N) is 5. The third-order valence-corrected chi connectivity index (χ3v) is 3.09. The molecule has 3 aromatic heterocycles. The van der Waals surface area contributed by atoms with Gasteiger partial charge in [0.15, 0.2) is 5.65 Å². The molecule has 1 amide bonds. The number of nitrogens with one attached hydrogen (secondary N) is 1. The highest BCUT2D eigenvalue weighted by Crippen LogP contribution is 2.06. The minimum absolute atomic E-state index is 0.170. The van der Waals surface area contributed by atoms with E-state index < -0.39 is 0 Å². The van der Waals surface area contributed by atoms with E-state index in [1.54, 1.807) is 29.2 Å². The van der Waals surface area contributed by atoms with Gasteiger partial charge in [-0.25, -0.2) is 14.5 Å². The van der Waals surface area contributed by atoms with Crippen LogP contribution in [0, 0.1) is 6.92 Å². The molecule has 7 nitrogen and oxygen atoms in total. The smallest absolute Gasteiger partial charge is 0.256 e. The van der Waals surface area contributed by atoms with Crippen molar-refractivity contribution >= 4 is 11.6 Å². The van der Waals surface area contributed by atoms with Crippen LogP contribution in [0.25, 0.3) is 5.65 Å². The summed E-state index contributed by atoms with van der Waals surface area (Å²) in [6.45, 7) is 3.14. The fourth-order valence-electron chi connectivity index (χ4n) is 2.01. The lowest BCUT2D eigenvalue weighted by Crippen LogP contribution is -2.27. The quantitative estimate of drug-likeness (QED) is 0.755. The Morgan fingerprint density at radius 3 is 3.00 bits per heavy atom. The summed E-state index contributed by atoms with van der Waals surface area (Å²) in [6.07, 6.45) is 8.56. The van der Waals surface area contributed by atoms with Crippen LogP contribution in [0.1, 0.15) is 16.2 Å². The standard InChI is InChI=1S/C13H14N6O/c1-10-14-4-7-18(10)8-5-16-13(20)11-9-17-19-6-2-3-15-12(11)19/h2-4,6-7,9H,5,8H2,1H3,(H,16,20). The first-order valence-electron chi connectivity index (χ1n) is 6.30. The zero-order chi connectivity index (χ0) is 13.9. The Bertz CT molecular complexity index is 744. The fraction of sp³-hybridized carbons (Fsp3) is 0.231. The number of carbonyl (C=O) groups excluding carboxylic acids is 1. The number of aromatic nitrogens is 5. The Kier molecular flexibility index (Phi) is 3.16. The Hall–Kier alpha value is -2.70. The third kappa shape index (κ3) is 2.25. The molecule has 3 heterocycles. The number of aryl methyl sites for hydroxylation is 1. The molecular weight excluding hydrogens is 256 g/mol. The number of carbonyl (C=O) groups is 1. The molecule has 3 aromatic rings. The van der Waals surface area contributed by atoms with Gasteiger partial charge in [-0.1, -0.05) is 0 Å². The largest absolute Gasteiger partial charge is 0.350 e. The third-order valence-electron chi connectivity index (χ3n) is 3.09. The van der Waals surface area contributed by atoms with Gasteiger partial charge in [0, 0.05) is 37.9 Å². The van der Waals surface area contributed by atoms with Crippen molar-refractivity contribution < 1.29 is 4.79 Å². The van der Waals surface area contributed by atoms with Crippen molar-refractivity contribution in [1.82, 2.24) is 29.5 Å². The zero-order valence-corrected chi connectivity index (χ0v) is 11.0. The molecule has 0 saturated carbocycles. The molecule has 0 aliphatic heterocycles. The van der Waals surface area contributed by atoms with Crippen LogP contribution in [-0.4, -0.2) is 36.6 Å². The van der Waals surface area contributed by atoms with Crippen LogP contribution in [0.3, 0.4) is 0 Å². The number of amides is 1. The highest BCUT2D eigenvalue weighted by Gasteiger charge is 2.12. The summed E-state index contributed by atoms with van der Waals surface area (Å²) in [6, 6.07) is 1.77. The van der Waals surface area contributed by atoms with Gasteiger partial charge >= 0.3 is 0 Å². The molecule has 0 bridgehead atoms. The lowest BCUT2D eigenvalue weighted by molar-refractivity contribution is 0.0953. The summed E-state index contributed by atoms with van der Waals surface area (Å²) < 4.78 is 3.56. The number of rotatable bonds is 4. The van der Waals surface area contributed by atoms with Crippen LogP contribution in [-0.2, 0) is 6.54 Å². The van der Waals surface area contributed by atoms with Crippen LogP contribution in [0.5, 0.6) is 0 Å². The number of fused-ring (bicyclic) bond motifs is 1. The Morgan fingerprint density at radius 1 is 1.30 bits per heavy atom. The highest BCUT2D eigenvalue weighted by atomic mass is 16.1. The molecule has 0 spiro atoms. The van der Waals surface area contributed by atoms with Gasteiger partial charge in [-0.3, -0.25) is 4.79 Å². The topological polar surface area (TPSA) is 77.1 Å². The summed E-state index contributed by atoms with van der Waals surface area (Å²) in [5, 5.41) is 6.95. The van der Waals surface area contributed by atoms with Gasteiger partial charge in [0.1, 0.15) is 11.4 Å². The van der Waals surface area contributed by atoms with Gasteiger partial charge in [0.2, 0.25) is 0 Å². The average Bonchev–Trinajstić information content (AvgIpc) is 3.05. The number of hydrogen-bond acceptors (Lipinski definition) is 4. The minimum atomic E-state index is -0.170. The van der Waals surface area contributed by atoms with Gasteiger partial charge in [0.05, 0.1) is 6.20 Å². The predicted molar refractivity (Wildman–Crippen MR) is 72.3 cm³/mol. The summed E-state index contributed by atoms with van der Waals surface area (Å²) in [5.74, 6) is 0.758. The van der Waals surface area contributed by atoms with E-state index >= 15 is 0 Å². The van der Waals surface area contributed by atoms with Gasteiger partial charge in [-0.05, 0) is 13.0 Å². The van der Waals surface area contributed by atoms with E-state index in [0.717, 1.165) is 5.82 Å². The number of hydrogen-bond donors (Lipinski definition) is 1. The second-order valence-corrected chi connectivity index (χ2v) is 4.37. The van der Waals surface area contributed by atoms with E-state index in [4.69, 9.17) is 0 Å². The van der Waals surface area contributed by atoms with E-state index in [9.17, 15) is 4.79 Å². The Balaban J connectivity index is 1.66. The molecule has 0 unspecified atom stereocenters. The fourth-order valence-corrected chi connectivity index (χ4v) is 2.01. The molecule has 0 atom stereocenters. The molecule has 0 fully saturated rings. The van der Waals surface area contributed by atoms with Crippen molar-refractivity contribution in [2.75, 3.05) is 6.54 Å². The maximum Gasteiger partial charge on any atom is 0.256 e. The second kappa shape index (κ2) is 5.12. The van der Waals surface area contributed by atoms with Crippen molar-refractivity contribution in [3.05, 3.63) is 48.4 Å². The van der Waals surface area contributed by atoms with E-state index in [-0.39, 0.29) is 5.91 Å². The van der Waals surface area contributed by atoms with Gasteiger partial charge in [-0.15, -0.1) is 0 Å². The average molecular weight is 270 g/mol. The first-order chi connectivity index (χ1) is 9.75. The lowest BCUT2D eigenvalue weighted by Gasteiger charge is -2.06. The minimum Gasteiger partial charge on any atom is -0.350 e. The van der Waals surface area contributed by atoms with Gasteiger partial charge in [-0.2, -0.15) is 5.10 Å².